The maximum atomic E-state index is 12.4. The van der Waals surface area contributed by atoms with Gasteiger partial charge in [0, 0.05) is 22.8 Å². The quantitative estimate of drug-likeness (QED) is 0.487. The number of aromatic nitrogens is 1. The van der Waals surface area contributed by atoms with Crippen LogP contribution in [0.2, 0.25) is 0 Å². The summed E-state index contributed by atoms with van der Waals surface area (Å²) < 4.78 is 30.3. The highest BCUT2D eigenvalue weighted by molar-refractivity contribution is 7.90. The van der Waals surface area contributed by atoms with Gasteiger partial charge in [0.25, 0.3) is 5.91 Å². The molecule has 2 aromatic heterocycles. The van der Waals surface area contributed by atoms with Crippen molar-refractivity contribution in [3.63, 3.8) is 0 Å². The fourth-order valence-electron chi connectivity index (χ4n) is 2.73. The summed E-state index contributed by atoms with van der Waals surface area (Å²) in [7, 11) is -3.54. The van der Waals surface area contributed by atoms with Gasteiger partial charge in [-0.05, 0) is 48.5 Å². The number of furan rings is 1. The Hall–Kier alpha value is -3.23. The number of anilines is 1. The maximum Gasteiger partial charge on any atom is 0.291 e. The molecule has 0 unspecified atom stereocenters. The molecule has 8 heteroatoms. The zero-order chi connectivity index (χ0) is 20.3. The van der Waals surface area contributed by atoms with Gasteiger partial charge in [-0.15, -0.1) is 11.3 Å². The molecular weight excluding hydrogens is 408 g/mol. The maximum absolute atomic E-state index is 12.4. The van der Waals surface area contributed by atoms with Crippen molar-refractivity contribution in [2.45, 2.75) is 10.6 Å². The number of benzene rings is 2. The molecule has 0 radical (unpaired) electrons. The SMILES string of the molecule is O=C(Nc1ccc(-c2nccs2)cc1)c1ccc(CS(=O)(=O)c2ccccc2)o1. The van der Waals surface area contributed by atoms with Crippen LogP contribution in [0.4, 0.5) is 5.69 Å². The summed E-state index contributed by atoms with van der Waals surface area (Å²) in [6.45, 7) is 0. The molecule has 0 spiro atoms. The fraction of sp³-hybridized carbons (Fsp3) is 0.0476. The van der Waals surface area contributed by atoms with Crippen molar-refractivity contribution < 1.29 is 17.6 Å². The van der Waals surface area contributed by atoms with E-state index in [-0.39, 0.29) is 22.2 Å². The topological polar surface area (TPSA) is 89.3 Å². The van der Waals surface area contributed by atoms with Gasteiger partial charge in [0.05, 0.1) is 4.90 Å². The predicted molar refractivity (Wildman–Crippen MR) is 112 cm³/mol. The smallest absolute Gasteiger partial charge is 0.291 e. The Morgan fingerprint density at radius 3 is 2.45 bits per heavy atom. The number of carbonyl (C=O) groups excluding carboxylic acids is 1. The number of thiazole rings is 1. The monoisotopic (exact) mass is 424 g/mol. The van der Waals surface area contributed by atoms with E-state index in [9.17, 15) is 13.2 Å². The van der Waals surface area contributed by atoms with Crippen molar-refractivity contribution in [3.8, 4) is 10.6 Å². The van der Waals surface area contributed by atoms with Crippen molar-refractivity contribution in [1.29, 1.82) is 0 Å². The van der Waals surface area contributed by atoms with Crippen LogP contribution in [0.15, 0.2) is 87.6 Å². The van der Waals surface area contributed by atoms with Crippen LogP contribution in [0.5, 0.6) is 0 Å². The molecule has 29 heavy (non-hydrogen) atoms. The van der Waals surface area contributed by atoms with Crippen molar-refractivity contribution in [1.82, 2.24) is 4.98 Å². The number of nitrogens with one attached hydrogen (secondary N) is 1. The molecule has 0 aliphatic heterocycles. The molecule has 146 valence electrons. The van der Waals surface area contributed by atoms with Gasteiger partial charge in [0.15, 0.2) is 15.6 Å². The summed E-state index contributed by atoms with van der Waals surface area (Å²) in [5.74, 6) is -0.506. The Bertz CT molecular complexity index is 1210. The molecule has 4 aromatic rings. The van der Waals surface area contributed by atoms with Gasteiger partial charge in [-0.1, -0.05) is 18.2 Å². The van der Waals surface area contributed by atoms with Gasteiger partial charge in [0.2, 0.25) is 0 Å². The molecule has 1 N–H and O–H groups in total. The number of hydrogen-bond donors (Lipinski definition) is 1. The number of nitrogens with zero attached hydrogens (tertiary/aromatic N) is 1. The lowest BCUT2D eigenvalue weighted by Gasteiger charge is -2.04. The number of sulfone groups is 1. The van der Waals surface area contributed by atoms with Crippen LogP contribution in [-0.2, 0) is 15.6 Å². The van der Waals surface area contributed by atoms with E-state index in [2.05, 4.69) is 10.3 Å². The molecule has 0 saturated carbocycles. The average Bonchev–Trinajstić information content (AvgIpc) is 3.41. The third kappa shape index (κ3) is 4.44. The van der Waals surface area contributed by atoms with Crippen LogP contribution in [-0.4, -0.2) is 19.3 Å². The first-order valence-corrected chi connectivity index (χ1v) is 11.2. The second kappa shape index (κ2) is 8.02. The zero-order valence-corrected chi connectivity index (χ0v) is 16.7. The second-order valence-electron chi connectivity index (χ2n) is 6.21. The van der Waals surface area contributed by atoms with E-state index in [0.29, 0.717) is 5.69 Å². The summed E-state index contributed by atoms with van der Waals surface area (Å²) in [5, 5.41) is 5.54. The van der Waals surface area contributed by atoms with E-state index in [1.54, 1.807) is 36.5 Å². The Kier molecular flexibility index (Phi) is 5.28. The molecule has 0 fully saturated rings. The first kappa shape index (κ1) is 19.1. The summed E-state index contributed by atoms with van der Waals surface area (Å²) in [5.41, 5.74) is 1.56. The molecule has 0 aliphatic rings. The van der Waals surface area contributed by atoms with E-state index < -0.39 is 15.7 Å². The molecule has 0 aliphatic carbocycles. The lowest BCUT2D eigenvalue weighted by Crippen LogP contribution is -2.10. The third-order valence-electron chi connectivity index (χ3n) is 4.14. The molecule has 2 aromatic carbocycles. The molecule has 0 atom stereocenters. The number of rotatable bonds is 6. The standard InChI is InChI=1S/C21H16N2O4S2/c24-20(23-16-8-6-15(7-9-16)21-22-12-13-28-21)19-11-10-17(27-19)14-29(25,26)18-4-2-1-3-5-18/h1-13H,14H2,(H,23,24). The molecule has 2 heterocycles. The van der Waals surface area contributed by atoms with Gasteiger partial charge in [0.1, 0.15) is 16.5 Å². The van der Waals surface area contributed by atoms with Gasteiger partial charge in [-0.25, -0.2) is 13.4 Å². The van der Waals surface area contributed by atoms with Crippen LogP contribution in [0.3, 0.4) is 0 Å². The number of amides is 1. The Labute approximate surface area is 171 Å². The van der Waals surface area contributed by atoms with Crippen molar-refractivity contribution in [2.24, 2.45) is 0 Å². The highest BCUT2D eigenvalue weighted by Crippen LogP contribution is 2.24. The summed E-state index contributed by atoms with van der Waals surface area (Å²) in [4.78, 5) is 16.9. The second-order valence-corrected chi connectivity index (χ2v) is 9.09. The van der Waals surface area contributed by atoms with E-state index in [0.717, 1.165) is 10.6 Å². The van der Waals surface area contributed by atoms with Crippen LogP contribution < -0.4 is 5.32 Å². The Morgan fingerprint density at radius 2 is 1.76 bits per heavy atom. The van der Waals surface area contributed by atoms with Crippen LogP contribution in [0, 0.1) is 0 Å². The van der Waals surface area contributed by atoms with Gasteiger partial charge < -0.3 is 9.73 Å². The lowest BCUT2D eigenvalue weighted by atomic mass is 10.2. The zero-order valence-electron chi connectivity index (χ0n) is 15.1. The first-order chi connectivity index (χ1) is 14.0. The van der Waals surface area contributed by atoms with Gasteiger partial charge in [-0.2, -0.15) is 0 Å². The van der Waals surface area contributed by atoms with Crippen LogP contribution in [0.1, 0.15) is 16.3 Å². The Morgan fingerprint density at radius 1 is 1.00 bits per heavy atom. The number of carbonyl (C=O) groups is 1. The summed E-state index contributed by atoms with van der Waals surface area (Å²) in [6, 6.07) is 18.4. The van der Waals surface area contributed by atoms with Crippen LogP contribution in [0.25, 0.3) is 10.6 Å². The molecule has 6 nitrogen and oxygen atoms in total. The minimum absolute atomic E-state index is 0.0484. The average molecular weight is 425 g/mol. The predicted octanol–water partition coefficient (Wildman–Crippen LogP) is 4.63. The molecule has 4 rings (SSSR count). The lowest BCUT2D eigenvalue weighted by molar-refractivity contribution is 0.0995. The highest BCUT2D eigenvalue weighted by atomic mass is 32.2. The van der Waals surface area contributed by atoms with Gasteiger partial charge >= 0.3 is 0 Å². The van der Waals surface area contributed by atoms with Crippen molar-refractivity contribution in [3.05, 3.63) is 89.8 Å². The minimum Gasteiger partial charge on any atom is -0.455 e. The van der Waals surface area contributed by atoms with E-state index >= 15 is 0 Å². The summed E-state index contributed by atoms with van der Waals surface area (Å²) >= 11 is 1.54. The van der Waals surface area contributed by atoms with Crippen LogP contribution >= 0.6 is 11.3 Å². The third-order valence-corrected chi connectivity index (χ3v) is 6.62. The largest absolute Gasteiger partial charge is 0.455 e. The van der Waals surface area contributed by atoms with Crippen molar-refractivity contribution >= 4 is 32.8 Å². The summed E-state index contributed by atoms with van der Waals surface area (Å²) in [6.07, 6.45) is 1.74. The van der Waals surface area contributed by atoms with E-state index in [4.69, 9.17) is 4.42 Å². The molecule has 0 bridgehead atoms. The van der Waals surface area contributed by atoms with E-state index in [1.165, 1.54) is 35.6 Å². The normalized spacial score (nSPS) is 11.3. The first-order valence-electron chi connectivity index (χ1n) is 8.69. The molecule has 1 amide bonds. The fourth-order valence-corrected chi connectivity index (χ4v) is 4.64. The molecule has 0 saturated heterocycles. The van der Waals surface area contributed by atoms with Crippen molar-refractivity contribution in [2.75, 3.05) is 5.32 Å². The minimum atomic E-state index is -3.54. The van der Waals surface area contributed by atoms with Gasteiger partial charge in [-0.3, -0.25) is 4.79 Å². The Balaban J connectivity index is 1.43. The van der Waals surface area contributed by atoms with E-state index in [1.807, 2.05) is 17.5 Å². The molecular formula is C21H16N2O4S2. The highest BCUT2D eigenvalue weighted by Gasteiger charge is 2.19. The number of hydrogen-bond acceptors (Lipinski definition) is 6.